The van der Waals surface area contributed by atoms with Gasteiger partial charge in [-0.1, -0.05) is 0 Å². The van der Waals surface area contributed by atoms with Crippen molar-refractivity contribution in [1.29, 1.82) is 0 Å². The van der Waals surface area contributed by atoms with Gasteiger partial charge in [0.05, 0.1) is 0 Å². The summed E-state index contributed by atoms with van der Waals surface area (Å²) in [5.74, 6) is 0. The number of hydrogen-bond acceptors (Lipinski definition) is 3. The Bertz CT molecular complexity index is 24.8. The van der Waals surface area contributed by atoms with Gasteiger partial charge in [0.1, 0.15) is 0 Å². The summed E-state index contributed by atoms with van der Waals surface area (Å²) in [6, 6.07) is 0. The van der Waals surface area contributed by atoms with Gasteiger partial charge in [-0.25, -0.2) is 0 Å². The van der Waals surface area contributed by atoms with Gasteiger partial charge in [0.2, 0.25) is 0 Å². The Labute approximate surface area is 83.4 Å². The first kappa shape index (κ1) is 10.8. The fraction of sp³-hybridized carbons (Fsp3) is 0. The van der Waals surface area contributed by atoms with Gasteiger partial charge in [-0.2, -0.15) is 0 Å². The molecule has 0 fully saturated rings. The molecular formula is H3BClKO3. The van der Waals surface area contributed by atoms with Crippen molar-refractivity contribution in [3.63, 3.8) is 0 Å². The molecule has 0 atom stereocenters. The molecule has 0 heterocycles. The summed E-state index contributed by atoms with van der Waals surface area (Å²) in [7, 11) is -1.85. The molecule has 0 aliphatic carbocycles. The standard InChI is InChI=1S/BClH2O3.K.H/c2-5-1(3)4;;/h3-4H;;. The van der Waals surface area contributed by atoms with Gasteiger partial charge in [0.15, 0.2) is 0 Å². The number of rotatable bonds is 1. The van der Waals surface area contributed by atoms with Gasteiger partial charge in [-0.3, -0.25) is 4.21 Å². The third-order valence-electron chi connectivity index (χ3n) is 0.0797. The first-order chi connectivity index (χ1) is 2.27. The van der Waals surface area contributed by atoms with Crippen LogP contribution in [0.2, 0.25) is 0 Å². The average molecular weight is 136 g/mol. The Morgan fingerprint density at radius 3 is 1.67 bits per heavy atom. The van der Waals surface area contributed by atoms with Crippen LogP contribution < -0.4 is 0 Å². The molecule has 3 nitrogen and oxygen atoms in total. The van der Waals surface area contributed by atoms with Crippen LogP contribution in [0.1, 0.15) is 0 Å². The molecule has 32 valence electrons. The molecule has 0 rings (SSSR count). The van der Waals surface area contributed by atoms with Crippen molar-refractivity contribution in [2.75, 3.05) is 0 Å². The quantitative estimate of drug-likeness (QED) is 0.431. The van der Waals surface area contributed by atoms with Crippen molar-refractivity contribution < 1.29 is 14.3 Å². The summed E-state index contributed by atoms with van der Waals surface area (Å²) in [6.07, 6.45) is 0. The zero-order valence-electron chi connectivity index (χ0n) is 2.26. The molecule has 0 aromatic carbocycles. The summed E-state index contributed by atoms with van der Waals surface area (Å²) in [5, 5.41) is 15.1. The molecule has 0 radical (unpaired) electrons. The van der Waals surface area contributed by atoms with E-state index in [4.69, 9.17) is 10.0 Å². The van der Waals surface area contributed by atoms with Crippen molar-refractivity contribution in [3.05, 3.63) is 0 Å². The normalized spacial score (nSPS) is 6.50. The average Bonchev–Trinajstić information content (AvgIpc) is 1.38. The fourth-order valence-corrected chi connectivity index (χ4v) is 0. The molecule has 0 saturated carbocycles. The Balaban J connectivity index is 0. The molecular weight excluding hydrogens is 133 g/mol. The Hall–Kier alpha value is 1.87. The molecule has 0 saturated heterocycles. The van der Waals surface area contributed by atoms with Gasteiger partial charge >= 0.3 is 58.7 Å². The van der Waals surface area contributed by atoms with E-state index in [0.29, 0.717) is 0 Å². The molecule has 6 heteroatoms. The molecule has 6 heavy (non-hydrogen) atoms. The van der Waals surface area contributed by atoms with Crippen molar-refractivity contribution in [2.24, 2.45) is 0 Å². The molecule has 0 bridgehead atoms. The molecule has 0 spiro atoms. The topological polar surface area (TPSA) is 49.7 Å². The van der Waals surface area contributed by atoms with E-state index in [1.54, 1.807) is 0 Å². The van der Waals surface area contributed by atoms with Crippen molar-refractivity contribution in [1.82, 2.24) is 0 Å². The molecule has 0 amide bonds. The van der Waals surface area contributed by atoms with Crippen LogP contribution >= 0.6 is 11.9 Å². The summed E-state index contributed by atoms with van der Waals surface area (Å²) < 4.78 is 3.33. The third-order valence-corrected chi connectivity index (χ3v) is 0.239. The predicted molar refractivity (Wildman–Crippen MR) is 24.3 cm³/mol. The maximum absolute atomic E-state index is 7.56. The second-order valence-corrected chi connectivity index (χ2v) is 0.594. The predicted octanol–water partition coefficient (Wildman–Crippen LogP) is -1.52. The van der Waals surface area contributed by atoms with Crippen LogP contribution in [-0.2, 0) is 4.21 Å². The monoisotopic (exact) mass is 136 g/mol. The van der Waals surface area contributed by atoms with Crippen LogP contribution in [0.25, 0.3) is 0 Å². The zero-order valence-corrected chi connectivity index (χ0v) is 3.01. The maximum atomic E-state index is 7.56. The molecule has 0 aromatic heterocycles. The fourth-order valence-electron chi connectivity index (χ4n) is 0. The first-order valence-electron chi connectivity index (χ1n) is 0.906. The first-order valence-corrected chi connectivity index (χ1v) is 1.22. The minimum atomic E-state index is -1.85. The molecule has 0 aliphatic heterocycles. The van der Waals surface area contributed by atoms with Crippen LogP contribution in [-0.4, -0.2) is 68.8 Å². The van der Waals surface area contributed by atoms with E-state index in [1.165, 1.54) is 0 Å². The zero-order chi connectivity index (χ0) is 4.28. The molecule has 0 aromatic rings. The Morgan fingerprint density at radius 2 is 1.67 bits per heavy atom. The van der Waals surface area contributed by atoms with Crippen LogP contribution in [0.4, 0.5) is 0 Å². The summed E-state index contributed by atoms with van der Waals surface area (Å²) in [6.45, 7) is 0. The molecule has 0 aliphatic rings. The van der Waals surface area contributed by atoms with Crippen LogP contribution in [0, 0.1) is 0 Å². The van der Waals surface area contributed by atoms with E-state index in [2.05, 4.69) is 16.1 Å². The summed E-state index contributed by atoms with van der Waals surface area (Å²) in [5.41, 5.74) is 0. The summed E-state index contributed by atoms with van der Waals surface area (Å²) in [4.78, 5) is 0. The van der Waals surface area contributed by atoms with Gasteiger partial charge in [-0.15, -0.1) is 0 Å². The van der Waals surface area contributed by atoms with Gasteiger partial charge in [0, 0.05) is 11.9 Å². The van der Waals surface area contributed by atoms with E-state index in [1.807, 2.05) is 0 Å². The van der Waals surface area contributed by atoms with Crippen LogP contribution in [0.5, 0.6) is 0 Å². The third kappa shape index (κ3) is 9.30. The SMILES string of the molecule is OB(O)OCl.[KH]. The van der Waals surface area contributed by atoms with Crippen molar-refractivity contribution in [2.45, 2.75) is 0 Å². The van der Waals surface area contributed by atoms with Crippen LogP contribution in [0.3, 0.4) is 0 Å². The minimum absolute atomic E-state index is 0. The van der Waals surface area contributed by atoms with Crippen molar-refractivity contribution >= 4 is 70.6 Å². The Morgan fingerprint density at radius 1 is 1.50 bits per heavy atom. The van der Waals surface area contributed by atoms with Gasteiger partial charge < -0.3 is 10.0 Å². The second kappa shape index (κ2) is 6.87. The molecule has 0 unspecified atom stereocenters. The van der Waals surface area contributed by atoms with Gasteiger partial charge in [-0.05, 0) is 0 Å². The Kier molecular flexibility index (Phi) is 12.3. The number of halogens is 1. The summed E-state index contributed by atoms with van der Waals surface area (Å²) >= 11 is 4.34. The molecule has 2 N–H and O–H groups in total. The number of hydrogen-bond donors (Lipinski definition) is 2. The van der Waals surface area contributed by atoms with E-state index in [9.17, 15) is 0 Å². The van der Waals surface area contributed by atoms with E-state index < -0.39 is 7.32 Å². The van der Waals surface area contributed by atoms with Gasteiger partial charge in [0.25, 0.3) is 0 Å². The van der Waals surface area contributed by atoms with E-state index in [0.717, 1.165) is 0 Å². The van der Waals surface area contributed by atoms with Crippen molar-refractivity contribution in [3.8, 4) is 0 Å². The van der Waals surface area contributed by atoms with E-state index >= 15 is 0 Å². The van der Waals surface area contributed by atoms with E-state index in [-0.39, 0.29) is 51.4 Å². The van der Waals surface area contributed by atoms with Crippen LogP contribution in [0.15, 0.2) is 0 Å². The second-order valence-electron chi connectivity index (χ2n) is 0.415.